The van der Waals surface area contributed by atoms with Gasteiger partial charge in [0.2, 0.25) is 0 Å². The molecule has 1 atom stereocenters. The molecule has 4 heteroatoms. The molecule has 2 rings (SSSR count). The van der Waals surface area contributed by atoms with E-state index in [1.165, 1.54) is 11.5 Å². The van der Waals surface area contributed by atoms with Gasteiger partial charge in [0, 0.05) is 5.92 Å². The molecule has 1 aromatic heterocycles. The van der Waals surface area contributed by atoms with Gasteiger partial charge in [-0.2, -0.15) is 4.37 Å². The molecule has 14 heavy (non-hydrogen) atoms. The molecule has 0 aliphatic carbocycles. The van der Waals surface area contributed by atoms with Gasteiger partial charge in [-0.15, -0.1) is 0 Å². The smallest absolute Gasteiger partial charge is 0.177 e. The molecular formula is C10H14N2OS. The molecule has 1 aromatic rings. The summed E-state index contributed by atoms with van der Waals surface area (Å²) in [7, 11) is 0. The van der Waals surface area contributed by atoms with Crippen molar-refractivity contribution in [3.05, 3.63) is 16.6 Å². The molecule has 1 aliphatic rings. The summed E-state index contributed by atoms with van der Waals surface area (Å²) in [5.41, 5.74) is 0.942. The number of aryl methyl sites for hydroxylation is 1. The molecule has 0 saturated carbocycles. The fourth-order valence-corrected chi connectivity index (χ4v) is 2.38. The average Bonchev–Trinajstić information content (AvgIpc) is 2.47. The van der Waals surface area contributed by atoms with E-state index in [1.807, 2.05) is 19.9 Å². The molecule has 1 aliphatic heterocycles. The van der Waals surface area contributed by atoms with E-state index in [0.717, 1.165) is 23.7 Å². The largest absolute Gasteiger partial charge is 0.316 e. The number of ketones is 1. The summed E-state index contributed by atoms with van der Waals surface area (Å²) in [5.74, 6) is 0.906. The van der Waals surface area contributed by atoms with Crippen molar-refractivity contribution >= 4 is 17.3 Å². The molecule has 0 radical (unpaired) electrons. The van der Waals surface area contributed by atoms with E-state index in [1.54, 1.807) is 0 Å². The predicted molar refractivity (Wildman–Crippen MR) is 56.7 cm³/mol. The Kier molecular flexibility index (Phi) is 2.65. The Morgan fingerprint density at radius 2 is 2.43 bits per heavy atom. The Morgan fingerprint density at radius 1 is 1.71 bits per heavy atom. The van der Waals surface area contributed by atoms with E-state index in [4.69, 9.17) is 0 Å². The fraction of sp³-hybridized carbons (Fsp3) is 0.600. The van der Waals surface area contributed by atoms with Crippen LogP contribution in [-0.4, -0.2) is 23.2 Å². The van der Waals surface area contributed by atoms with Crippen LogP contribution in [0, 0.1) is 18.8 Å². The molecule has 1 N–H and O–H groups in total. The Bertz CT molecular complexity index is 344. The minimum absolute atomic E-state index is 0.135. The van der Waals surface area contributed by atoms with Gasteiger partial charge in [0.25, 0.3) is 0 Å². The molecule has 1 unspecified atom stereocenters. The first-order chi connectivity index (χ1) is 6.68. The van der Waals surface area contributed by atoms with Crippen LogP contribution < -0.4 is 5.32 Å². The van der Waals surface area contributed by atoms with Crippen molar-refractivity contribution in [2.45, 2.75) is 13.8 Å². The first kappa shape index (κ1) is 9.80. The van der Waals surface area contributed by atoms with Crippen LogP contribution in [0.25, 0.3) is 0 Å². The van der Waals surface area contributed by atoms with Crippen LogP contribution in [0.3, 0.4) is 0 Å². The lowest BCUT2D eigenvalue weighted by Gasteiger charge is -2.31. The average molecular weight is 210 g/mol. The third kappa shape index (κ3) is 1.72. The number of carbonyl (C=O) groups excluding carboxylic acids is 1. The highest BCUT2D eigenvalue weighted by Crippen LogP contribution is 2.22. The lowest BCUT2D eigenvalue weighted by molar-refractivity contribution is 0.0858. The standard InChI is InChI=1S/C10H14N2OS/c1-6-3-9(14-12-6)10(13)7(2)8-4-11-5-8/h3,7-8,11H,4-5H2,1-2H3. The van der Waals surface area contributed by atoms with Crippen LogP contribution in [0.2, 0.25) is 0 Å². The SMILES string of the molecule is Cc1cc(C(=O)C(C)C2CNC2)sn1. The summed E-state index contributed by atoms with van der Waals surface area (Å²) in [6.45, 7) is 5.89. The molecule has 0 bridgehead atoms. The summed E-state index contributed by atoms with van der Waals surface area (Å²) in [4.78, 5) is 12.7. The molecular weight excluding hydrogens is 196 g/mol. The van der Waals surface area contributed by atoms with E-state index in [-0.39, 0.29) is 11.7 Å². The third-order valence-corrected chi connectivity index (χ3v) is 3.70. The maximum absolute atomic E-state index is 11.9. The topological polar surface area (TPSA) is 42.0 Å². The maximum Gasteiger partial charge on any atom is 0.177 e. The highest BCUT2D eigenvalue weighted by Gasteiger charge is 2.29. The summed E-state index contributed by atoms with van der Waals surface area (Å²) >= 11 is 1.32. The predicted octanol–water partition coefficient (Wildman–Crippen LogP) is 1.49. The summed E-state index contributed by atoms with van der Waals surface area (Å²) in [6.07, 6.45) is 0. The lowest BCUT2D eigenvalue weighted by atomic mass is 9.85. The zero-order chi connectivity index (χ0) is 10.1. The monoisotopic (exact) mass is 210 g/mol. The molecule has 1 saturated heterocycles. The number of carbonyl (C=O) groups is 1. The summed E-state index contributed by atoms with van der Waals surface area (Å²) < 4.78 is 4.13. The van der Waals surface area contributed by atoms with Gasteiger partial charge in [0.1, 0.15) is 0 Å². The second kappa shape index (κ2) is 3.79. The van der Waals surface area contributed by atoms with Gasteiger partial charge < -0.3 is 5.32 Å². The summed E-state index contributed by atoms with van der Waals surface area (Å²) in [6, 6.07) is 1.88. The first-order valence-electron chi connectivity index (χ1n) is 4.86. The molecule has 0 amide bonds. The van der Waals surface area contributed by atoms with E-state index >= 15 is 0 Å². The van der Waals surface area contributed by atoms with E-state index in [2.05, 4.69) is 9.69 Å². The van der Waals surface area contributed by atoms with Gasteiger partial charge in [-0.1, -0.05) is 6.92 Å². The second-order valence-corrected chi connectivity index (χ2v) is 4.71. The van der Waals surface area contributed by atoms with Crippen molar-refractivity contribution in [1.82, 2.24) is 9.69 Å². The number of nitrogens with zero attached hydrogens (tertiary/aromatic N) is 1. The number of hydrogen-bond donors (Lipinski definition) is 1. The van der Waals surface area contributed by atoms with Crippen molar-refractivity contribution < 1.29 is 4.79 Å². The van der Waals surface area contributed by atoms with Crippen molar-refractivity contribution in [1.29, 1.82) is 0 Å². The zero-order valence-electron chi connectivity index (χ0n) is 8.41. The lowest BCUT2D eigenvalue weighted by Crippen LogP contribution is -2.47. The zero-order valence-corrected chi connectivity index (χ0v) is 9.23. The highest BCUT2D eigenvalue weighted by atomic mass is 32.1. The van der Waals surface area contributed by atoms with Gasteiger partial charge in [0.15, 0.2) is 5.78 Å². The van der Waals surface area contributed by atoms with Crippen LogP contribution in [0.1, 0.15) is 22.3 Å². The van der Waals surface area contributed by atoms with E-state index in [9.17, 15) is 4.79 Å². The Labute approximate surface area is 87.7 Å². The van der Waals surface area contributed by atoms with Gasteiger partial charge in [-0.3, -0.25) is 4.79 Å². The van der Waals surface area contributed by atoms with Gasteiger partial charge in [0.05, 0.1) is 10.6 Å². The minimum atomic E-state index is 0.135. The number of hydrogen-bond acceptors (Lipinski definition) is 4. The number of nitrogens with one attached hydrogen (secondary N) is 1. The van der Waals surface area contributed by atoms with Gasteiger partial charge in [-0.25, -0.2) is 0 Å². The summed E-state index contributed by atoms with van der Waals surface area (Å²) in [5, 5.41) is 3.19. The fourth-order valence-electron chi connectivity index (χ4n) is 1.58. The van der Waals surface area contributed by atoms with Crippen molar-refractivity contribution in [2.24, 2.45) is 11.8 Å². The molecule has 3 nitrogen and oxygen atoms in total. The van der Waals surface area contributed by atoms with Crippen molar-refractivity contribution in [2.75, 3.05) is 13.1 Å². The molecule has 1 fully saturated rings. The normalized spacial score (nSPS) is 19.0. The van der Waals surface area contributed by atoms with Crippen molar-refractivity contribution in [3.8, 4) is 0 Å². The quantitative estimate of drug-likeness (QED) is 0.769. The first-order valence-corrected chi connectivity index (χ1v) is 5.64. The highest BCUT2D eigenvalue weighted by molar-refractivity contribution is 7.08. The molecule has 76 valence electrons. The molecule has 0 aromatic carbocycles. The Morgan fingerprint density at radius 3 is 2.86 bits per heavy atom. The maximum atomic E-state index is 11.9. The van der Waals surface area contributed by atoms with Crippen LogP contribution in [0.5, 0.6) is 0 Å². The minimum Gasteiger partial charge on any atom is -0.316 e. The van der Waals surface area contributed by atoms with Gasteiger partial charge >= 0.3 is 0 Å². The van der Waals surface area contributed by atoms with E-state index < -0.39 is 0 Å². The Balaban J connectivity index is 2.07. The number of aromatic nitrogens is 1. The third-order valence-electron chi connectivity index (χ3n) is 2.80. The number of Topliss-reactive ketones (excluding diaryl/α,β-unsaturated/α-hetero) is 1. The molecule has 0 spiro atoms. The van der Waals surface area contributed by atoms with E-state index in [0.29, 0.717) is 5.92 Å². The Hall–Kier alpha value is -0.740. The van der Waals surface area contributed by atoms with Crippen LogP contribution >= 0.6 is 11.5 Å². The van der Waals surface area contributed by atoms with Crippen LogP contribution in [-0.2, 0) is 0 Å². The van der Waals surface area contributed by atoms with Crippen LogP contribution in [0.15, 0.2) is 6.07 Å². The van der Waals surface area contributed by atoms with Crippen molar-refractivity contribution in [3.63, 3.8) is 0 Å². The second-order valence-electron chi connectivity index (χ2n) is 3.90. The van der Waals surface area contributed by atoms with Crippen LogP contribution in [0.4, 0.5) is 0 Å². The number of rotatable bonds is 3. The molecule has 2 heterocycles. The van der Waals surface area contributed by atoms with Gasteiger partial charge in [-0.05, 0) is 43.5 Å².